The van der Waals surface area contributed by atoms with Crippen LogP contribution >= 0.6 is 0 Å². The number of rotatable bonds is 7. The first kappa shape index (κ1) is 20.4. The smallest absolute Gasteiger partial charge is 0.416 e. The van der Waals surface area contributed by atoms with E-state index in [4.69, 9.17) is 4.74 Å². The molecule has 0 fully saturated rings. The lowest BCUT2D eigenvalue weighted by Crippen LogP contribution is -2.16. The molecule has 3 rings (SSSR count). The Hall–Kier alpha value is -3.36. The van der Waals surface area contributed by atoms with Gasteiger partial charge in [0.2, 0.25) is 5.91 Å². The Balaban J connectivity index is 1.64. The van der Waals surface area contributed by atoms with Crippen molar-refractivity contribution in [2.75, 3.05) is 11.9 Å². The minimum absolute atomic E-state index is 0.00919. The van der Waals surface area contributed by atoms with Crippen molar-refractivity contribution in [1.29, 1.82) is 0 Å². The fourth-order valence-electron chi connectivity index (χ4n) is 2.69. The van der Waals surface area contributed by atoms with Gasteiger partial charge in [-0.3, -0.25) is 4.79 Å². The highest BCUT2D eigenvalue weighted by Gasteiger charge is 2.31. The first-order chi connectivity index (χ1) is 13.8. The maximum absolute atomic E-state index is 13.1. The molecule has 9 heteroatoms. The lowest BCUT2D eigenvalue weighted by Gasteiger charge is -2.14. The fourth-order valence-corrected chi connectivity index (χ4v) is 2.69. The Kier molecular flexibility index (Phi) is 6.16. The molecule has 1 amide bonds. The number of aromatic nitrogens is 3. The van der Waals surface area contributed by atoms with E-state index in [9.17, 15) is 18.0 Å². The Bertz CT molecular complexity index is 972. The summed E-state index contributed by atoms with van der Waals surface area (Å²) in [5.74, 6) is 0.287. The van der Waals surface area contributed by atoms with Crippen LogP contribution in [0.2, 0.25) is 0 Å². The SMILES string of the molecule is Cc1cccc(OCCCC(=O)Nc2cc(C(F)(F)F)ccc2-n2cncn2)c1. The van der Waals surface area contributed by atoms with Crippen molar-refractivity contribution in [2.45, 2.75) is 25.9 Å². The molecule has 0 aliphatic carbocycles. The summed E-state index contributed by atoms with van der Waals surface area (Å²) in [5, 5.41) is 6.45. The van der Waals surface area contributed by atoms with Crippen LogP contribution in [-0.2, 0) is 11.0 Å². The minimum Gasteiger partial charge on any atom is -0.494 e. The van der Waals surface area contributed by atoms with Crippen LogP contribution in [-0.4, -0.2) is 27.3 Å². The van der Waals surface area contributed by atoms with Gasteiger partial charge in [0.15, 0.2) is 0 Å². The quantitative estimate of drug-likeness (QED) is 0.593. The van der Waals surface area contributed by atoms with Crippen LogP contribution in [0.25, 0.3) is 5.69 Å². The van der Waals surface area contributed by atoms with Gasteiger partial charge in [0.05, 0.1) is 23.5 Å². The number of anilines is 1. The van der Waals surface area contributed by atoms with E-state index in [2.05, 4.69) is 15.4 Å². The standard InChI is InChI=1S/C20H19F3N4O2/c1-14-4-2-5-16(10-14)29-9-3-6-19(28)26-17-11-15(20(21,22)23)7-8-18(17)27-13-24-12-25-27/h2,4-5,7-8,10-13H,3,6,9H2,1H3,(H,26,28). The third kappa shape index (κ3) is 5.56. The number of carbonyl (C=O) groups is 1. The number of aryl methyl sites for hydroxylation is 1. The summed E-state index contributed by atoms with van der Waals surface area (Å²) in [5.41, 5.74) is 0.500. The molecule has 2 aromatic carbocycles. The van der Waals surface area contributed by atoms with Crippen LogP contribution in [0.5, 0.6) is 5.75 Å². The number of benzene rings is 2. The van der Waals surface area contributed by atoms with Crippen LogP contribution in [0.4, 0.5) is 18.9 Å². The number of halogens is 3. The lowest BCUT2D eigenvalue weighted by atomic mass is 10.1. The van der Waals surface area contributed by atoms with Crippen molar-refractivity contribution in [3.63, 3.8) is 0 Å². The zero-order valence-electron chi connectivity index (χ0n) is 15.6. The van der Waals surface area contributed by atoms with E-state index < -0.39 is 17.6 Å². The zero-order chi connectivity index (χ0) is 20.9. The molecule has 152 valence electrons. The van der Waals surface area contributed by atoms with Crippen LogP contribution in [0, 0.1) is 6.92 Å². The number of amides is 1. The second-order valence-corrected chi connectivity index (χ2v) is 6.39. The van der Waals surface area contributed by atoms with Crippen LogP contribution < -0.4 is 10.1 Å². The van der Waals surface area contributed by atoms with E-state index >= 15 is 0 Å². The molecular formula is C20H19F3N4O2. The van der Waals surface area contributed by atoms with Gasteiger partial charge >= 0.3 is 6.18 Å². The van der Waals surface area contributed by atoms with E-state index in [0.717, 1.165) is 17.7 Å². The second kappa shape index (κ2) is 8.76. The summed E-state index contributed by atoms with van der Waals surface area (Å²) in [4.78, 5) is 16.1. The van der Waals surface area contributed by atoms with Gasteiger partial charge in [-0.25, -0.2) is 9.67 Å². The first-order valence-electron chi connectivity index (χ1n) is 8.88. The van der Waals surface area contributed by atoms with Gasteiger partial charge in [-0.2, -0.15) is 18.3 Å². The highest BCUT2D eigenvalue weighted by Crippen LogP contribution is 2.33. The Labute approximate surface area is 165 Å². The number of alkyl halides is 3. The maximum Gasteiger partial charge on any atom is 0.416 e. The number of nitrogens with one attached hydrogen (secondary N) is 1. The zero-order valence-corrected chi connectivity index (χ0v) is 15.6. The summed E-state index contributed by atoms with van der Waals surface area (Å²) < 4.78 is 46.0. The van der Waals surface area contributed by atoms with E-state index in [1.165, 1.54) is 23.4 Å². The van der Waals surface area contributed by atoms with Gasteiger partial charge in [0.1, 0.15) is 18.4 Å². The highest BCUT2D eigenvalue weighted by molar-refractivity contribution is 5.93. The molecule has 0 unspecified atom stereocenters. The van der Waals surface area contributed by atoms with Crippen LogP contribution in [0.1, 0.15) is 24.0 Å². The molecule has 0 spiro atoms. The molecule has 29 heavy (non-hydrogen) atoms. The molecule has 0 saturated heterocycles. The third-order valence-electron chi connectivity index (χ3n) is 4.07. The molecule has 0 saturated carbocycles. The largest absolute Gasteiger partial charge is 0.494 e. The van der Waals surface area contributed by atoms with Crippen molar-refractivity contribution in [3.8, 4) is 11.4 Å². The van der Waals surface area contributed by atoms with Gasteiger partial charge in [0.25, 0.3) is 0 Å². The first-order valence-corrected chi connectivity index (χ1v) is 8.88. The molecule has 0 aliphatic heterocycles. The van der Waals surface area contributed by atoms with Crippen LogP contribution in [0.3, 0.4) is 0 Å². The van der Waals surface area contributed by atoms with E-state index in [1.54, 1.807) is 0 Å². The van der Waals surface area contributed by atoms with Crippen molar-refractivity contribution >= 4 is 11.6 Å². The average Bonchev–Trinajstić information content (AvgIpc) is 3.19. The van der Waals surface area contributed by atoms with Gasteiger partial charge in [-0.15, -0.1) is 0 Å². The number of carbonyl (C=O) groups excluding carboxylic acids is 1. The highest BCUT2D eigenvalue weighted by atomic mass is 19.4. The Morgan fingerprint density at radius 2 is 2.03 bits per heavy atom. The van der Waals surface area contributed by atoms with Crippen molar-refractivity contribution < 1.29 is 22.7 Å². The predicted octanol–water partition coefficient (Wildman–Crippen LogP) is 4.39. The molecule has 3 aromatic rings. The van der Waals surface area contributed by atoms with E-state index in [0.29, 0.717) is 24.5 Å². The van der Waals surface area contributed by atoms with Crippen LogP contribution in [0.15, 0.2) is 55.1 Å². The normalized spacial score (nSPS) is 11.3. The summed E-state index contributed by atoms with van der Waals surface area (Å²) in [7, 11) is 0. The Morgan fingerprint density at radius 3 is 2.72 bits per heavy atom. The molecule has 0 bridgehead atoms. The molecule has 6 nitrogen and oxygen atoms in total. The maximum atomic E-state index is 13.1. The number of nitrogens with zero attached hydrogens (tertiary/aromatic N) is 3. The summed E-state index contributed by atoms with van der Waals surface area (Å²) in [6, 6.07) is 10.6. The van der Waals surface area contributed by atoms with Gasteiger partial charge in [-0.1, -0.05) is 12.1 Å². The van der Waals surface area contributed by atoms with E-state index in [1.807, 2.05) is 31.2 Å². The fraction of sp³-hybridized carbons (Fsp3) is 0.250. The molecule has 0 aliphatic rings. The van der Waals surface area contributed by atoms with Crippen molar-refractivity contribution in [1.82, 2.24) is 14.8 Å². The third-order valence-corrected chi connectivity index (χ3v) is 4.07. The monoisotopic (exact) mass is 404 g/mol. The Morgan fingerprint density at radius 1 is 1.21 bits per heavy atom. The predicted molar refractivity (Wildman–Crippen MR) is 101 cm³/mol. The summed E-state index contributed by atoms with van der Waals surface area (Å²) in [6.07, 6.45) is -1.42. The van der Waals surface area contributed by atoms with Gasteiger partial charge in [0, 0.05) is 6.42 Å². The number of hydrogen-bond donors (Lipinski definition) is 1. The average molecular weight is 404 g/mol. The summed E-state index contributed by atoms with van der Waals surface area (Å²) in [6.45, 7) is 2.26. The molecule has 1 heterocycles. The number of hydrogen-bond acceptors (Lipinski definition) is 4. The minimum atomic E-state index is -4.53. The van der Waals surface area contributed by atoms with E-state index in [-0.39, 0.29) is 12.1 Å². The topological polar surface area (TPSA) is 69.0 Å². The number of ether oxygens (including phenoxy) is 1. The lowest BCUT2D eigenvalue weighted by molar-refractivity contribution is -0.137. The summed E-state index contributed by atoms with van der Waals surface area (Å²) >= 11 is 0. The molecule has 1 aromatic heterocycles. The molecule has 0 radical (unpaired) electrons. The van der Waals surface area contributed by atoms with Gasteiger partial charge in [-0.05, 0) is 49.2 Å². The molecule has 0 atom stereocenters. The van der Waals surface area contributed by atoms with Crippen molar-refractivity contribution in [3.05, 3.63) is 66.2 Å². The van der Waals surface area contributed by atoms with Gasteiger partial charge < -0.3 is 10.1 Å². The van der Waals surface area contributed by atoms with Crippen molar-refractivity contribution in [2.24, 2.45) is 0 Å². The molecular weight excluding hydrogens is 385 g/mol. The molecule has 1 N–H and O–H groups in total. The second-order valence-electron chi connectivity index (χ2n) is 6.39.